The average molecular weight is 551 g/mol. The maximum Gasteiger partial charge on any atom is 0.342 e. The van der Waals surface area contributed by atoms with Gasteiger partial charge >= 0.3 is 6.03 Å². The zero-order chi connectivity index (χ0) is 27.6. The van der Waals surface area contributed by atoms with Crippen LogP contribution in [-0.2, 0) is 6.54 Å². The molecule has 8 heteroatoms. The summed E-state index contributed by atoms with van der Waals surface area (Å²) < 4.78 is 2.49. The van der Waals surface area contributed by atoms with Gasteiger partial charge < -0.3 is 15.7 Å². The number of hydrogen-bond donors (Lipinski definition) is 3. The van der Waals surface area contributed by atoms with E-state index in [1.807, 2.05) is 67.6 Å². The molecule has 1 aliphatic rings. The number of phenolic OH excluding ortho intramolecular Hbond substituents is 1. The van der Waals surface area contributed by atoms with Crippen molar-refractivity contribution in [3.8, 4) is 17.0 Å². The minimum atomic E-state index is -0.303. The molecule has 0 unspecified atom stereocenters. The molecule has 5 aromatic rings. The quantitative estimate of drug-likeness (QED) is 0.191. The minimum Gasteiger partial charge on any atom is -0.507 e. The molecule has 3 aromatic carbocycles. The number of carbonyl (C=O) groups is 2. The second-order valence-corrected chi connectivity index (χ2v) is 11.4. The maximum atomic E-state index is 13.3. The van der Waals surface area contributed by atoms with Gasteiger partial charge in [0.25, 0.3) is 5.91 Å². The highest BCUT2D eigenvalue weighted by atomic mass is 32.1. The number of hydrogen-bond acceptors (Lipinski definition) is 5. The maximum absolute atomic E-state index is 13.3. The van der Waals surface area contributed by atoms with Crippen molar-refractivity contribution in [3.05, 3.63) is 101 Å². The molecule has 0 radical (unpaired) electrons. The Bertz CT molecular complexity index is 1660. The third-order valence-corrected chi connectivity index (χ3v) is 8.56. The van der Waals surface area contributed by atoms with E-state index in [1.54, 1.807) is 18.2 Å². The summed E-state index contributed by atoms with van der Waals surface area (Å²) in [7, 11) is 0. The van der Waals surface area contributed by atoms with Gasteiger partial charge in [-0.15, -0.1) is 11.3 Å². The van der Waals surface area contributed by atoms with E-state index in [2.05, 4.69) is 15.7 Å². The summed E-state index contributed by atoms with van der Waals surface area (Å²) in [6, 6.07) is 24.3. The van der Waals surface area contributed by atoms with Crippen LogP contribution in [0.3, 0.4) is 0 Å². The highest BCUT2D eigenvalue weighted by Gasteiger charge is 2.26. The normalized spacial score (nSPS) is 13.5. The monoisotopic (exact) mass is 550 g/mol. The lowest BCUT2D eigenvalue weighted by atomic mass is 10.0. The molecule has 0 aliphatic heterocycles. The molecule has 0 spiro atoms. The van der Waals surface area contributed by atoms with E-state index in [-0.39, 0.29) is 23.6 Å². The van der Waals surface area contributed by atoms with Crippen LogP contribution >= 0.6 is 11.3 Å². The van der Waals surface area contributed by atoms with E-state index in [0.717, 1.165) is 52.6 Å². The first-order chi connectivity index (χ1) is 19.4. The van der Waals surface area contributed by atoms with Crippen LogP contribution in [0.1, 0.15) is 58.1 Å². The van der Waals surface area contributed by atoms with Crippen molar-refractivity contribution in [1.29, 1.82) is 0 Å². The van der Waals surface area contributed by atoms with Crippen LogP contribution in [-0.4, -0.2) is 26.8 Å². The number of rotatable bonds is 6. The molecule has 2 amide bonds. The lowest BCUT2D eigenvalue weighted by Crippen LogP contribution is -2.30. The molecule has 3 N–H and O–H groups in total. The molecule has 0 atom stereocenters. The Morgan fingerprint density at radius 3 is 2.55 bits per heavy atom. The SMILES string of the molecule is Cc1ccc(CNC(=O)n2nc(-c3cc(NC(=O)c4cc5ccccc5s4)ccc3O)cc2C2CCCC2)cc1. The summed E-state index contributed by atoms with van der Waals surface area (Å²) in [5, 5.41) is 22.4. The van der Waals surface area contributed by atoms with Gasteiger partial charge in [-0.05, 0) is 67.1 Å². The second kappa shape index (κ2) is 11.0. The summed E-state index contributed by atoms with van der Waals surface area (Å²) in [6.45, 7) is 2.42. The molecule has 6 rings (SSSR count). The predicted octanol–water partition coefficient (Wildman–Crippen LogP) is 7.45. The molecule has 1 fully saturated rings. The van der Waals surface area contributed by atoms with Crippen LogP contribution in [0.15, 0.2) is 78.9 Å². The first kappa shape index (κ1) is 25.8. The fraction of sp³-hybridized carbons (Fsp3) is 0.219. The lowest BCUT2D eigenvalue weighted by molar-refractivity contribution is 0.103. The van der Waals surface area contributed by atoms with E-state index in [1.165, 1.54) is 16.0 Å². The Morgan fingerprint density at radius 1 is 1.00 bits per heavy atom. The summed E-state index contributed by atoms with van der Waals surface area (Å²) in [5.74, 6) is 0.0393. The molecule has 2 heterocycles. The molecular weight excluding hydrogens is 520 g/mol. The molecule has 202 valence electrons. The number of fused-ring (bicyclic) bond motifs is 1. The van der Waals surface area contributed by atoms with Crippen LogP contribution in [0.25, 0.3) is 21.3 Å². The van der Waals surface area contributed by atoms with Gasteiger partial charge in [-0.3, -0.25) is 4.79 Å². The first-order valence-corrected chi connectivity index (χ1v) is 14.3. The number of carbonyl (C=O) groups excluding carboxylic acids is 2. The van der Waals surface area contributed by atoms with Crippen molar-refractivity contribution < 1.29 is 14.7 Å². The van der Waals surface area contributed by atoms with Crippen LogP contribution in [0.5, 0.6) is 5.75 Å². The number of aromatic hydroxyl groups is 1. The number of aryl methyl sites for hydroxylation is 1. The second-order valence-electron chi connectivity index (χ2n) is 10.3. The van der Waals surface area contributed by atoms with Gasteiger partial charge in [0, 0.05) is 28.4 Å². The number of nitrogens with zero attached hydrogens (tertiary/aromatic N) is 2. The van der Waals surface area contributed by atoms with E-state index in [0.29, 0.717) is 28.4 Å². The van der Waals surface area contributed by atoms with Crippen LogP contribution in [0.2, 0.25) is 0 Å². The Balaban J connectivity index is 1.26. The van der Waals surface area contributed by atoms with Crippen molar-refractivity contribution in [2.45, 2.75) is 45.1 Å². The van der Waals surface area contributed by atoms with Crippen LogP contribution in [0, 0.1) is 6.92 Å². The van der Waals surface area contributed by atoms with Gasteiger partial charge in [0.15, 0.2) is 0 Å². The number of nitrogens with one attached hydrogen (secondary N) is 2. The zero-order valence-electron chi connectivity index (χ0n) is 22.2. The fourth-order valence-corrected chi connectivity index (χ4v) is 6.22. The van der Waals surface area contributed by atoms with Crippen molar-refractivity contribution in [2.24, 2.45) is 0 Å². The van der Waals surface area contributed by atoms with Gasteiger partial charge in [0.1, 0.15) is 5.75 Å². The summed E-state index contributed by atoms with van der Waals surface area (Å²) in [4.78, 5) is 26.9. The number of anilines is 1. The lowest BCUT2D eigenvalue weighted by Gasteiger charge is -2.12. The first-order valence-electron chi connectivity index (χ1n) is 13.5. The topological polar surface area (TPSA) is 96.3 Å². The number of phenols is 1. The predicted molar refractivity (Wildman–Crippen MR) is 159 cm³/mol. The van der Waals surface area contributed by atoms with Gasteiger partial charge in [-0.1, -0.05) is 60.9 Å². The van der Waals surface area contributed by atoms with E-state index >= 15 is 0 Å². The number of benzene rings is 3. The fourth-order valence-electron chi connectivity index (χ4n) is 5.27. The van der Waals surface area contributed by atoms with Gasteiger partial charge in [-0.2, -0.15) is 9.78 Å². The summed E-state index contributed by atoms with van der Waals surface area (Å²) in [6.07, 6.45) is 4.21. The average Bonchev–Trinajstić information content (AvgIpc) is 3.73. The molecule has 0 bridgehead atoms. The third kappa shape index (κ3) is 5.35. The van der Waals surface area contributed by atoms with Crippen molar-refractivity contribution in [3.63, 3.8) is 0 Å². The number of thiophene rings is 1. The van der Waals surface area contributed by atoms with Crippen LogP contribution in [0.4, 0.5) is 10.5 Å². The van der Waals surface area contributed by atoms with Gasteiger partial charge in [-0.25, -0.2) is 4.79 Å². The molecule has 2 aromatic heterocycles. The van der Waals surface area contributed by atoms with Crippen LogP contribution < -0.4 is 10.6 Å². The molecule has 1 saturated carbocycles. The van der Waals surface area contributed by atoms with E-state index in [4.69, 9.17) is 0 Å². The van der Waals surface area contributed by atoms with Crippen molar-refractivity contribution in [2.75, 3.05) is 5.32 Å². The van der Waals surface area contributed by atoms with Gasteiger partial charge in [0.05, 0.1) is 16.3 Å². The third-order valence-electron chi connectivity index (χ3n) is 7.45. The van der Waals surface area contributed by atoms with Gasteiger partial charge in [0.2, 0.25) is 0 Å². The zero-order valence-corrected chi connectivity index (χ0v) is 23.0. The smallest absolute Gasteiger partial charge is 0.342 e. The molecular formula is C32H30N4O3S. The largest absolute Gasteiger partial charge is 0.507 e. The Kier molecular flexibility index (Phi) is 7.09. The minimum absolute atomic E-state index is 0.0301. The standard InChI is InChI=1S/C32H30N4O3S/c1-20-10-12-21(13-11-20)19-33-32(39)36-27(22-6-2-3-7-22)18-26(35-36)25-17-24(14-15-28(25)37)34-31(38)30-16-23-8-4-5-9-29(23)40-30/h4-5,8-18,22,37H,2-3,6-7,19H2,1H3,(H,33,39)(H,34,38). The molecule has 7 nitrogen and oxygen atoms in total. The summed E-state index contributed by atoms with van der Waals surface area (Å²) in [5.41, 5.74) is 4.50. The Morgan fingerprint density at radius 2 is 1.77 bits per heavy atom. The number of aromatic nitrogens is 2. The molecule has 40 heavy (non-hydrogen) atoms. The molecule has 1 aliphatic carbocycles. The molecule has 0 saturated heterocycles. The van der Waals surface area contributed by atoms with Crippen molar-refractivity contribution in [1.82, 2.24) is 15.1 Å². The van der Waals surface area contributed by atoms with E-state index in [9.17, 15) is 14.7 Å². The Labute approximate surface area is 236 Å². The highest BCUT2D eigenvalue weighted by molar-refractivity contribution is 7.20. The van der Waals surface area contributed by atoms with E-state index < -0.39 is 0 Å². The number of amides is 2. The summed E-state index contributed by atoms with van der Waals surface area (Å²) >= 11 is 1.43. The highest BCUT2D eigenvalue weighted by Crippen LogP contribution is 2.38. The van der Waals surface area contributed by atoms with Crippen molar-refractivity contribution >= 4 is 39.0 Å². The Hall–Kier alpha value is -4.43.